The van der Waals surface area contributed by atoms with Gasteiger partial charge in [-0.05, 0) is 31.9 Å². The fourth-order valence-electron chi connectivity index (χ4n) is 1.56. The first-order valence-corrected chi connectivity index (χ1v) is 5.44. The molecule has 0 aromatic heterocycles. The Labute approximate surface area is 86.5 Å². The summed E-state index contributed by atoms with van der Waals surface area (Å²) in [5.41, 5.74) is 1.33. The molecule has 1 unspecified atom stereocenters. The molecule has 0 aromatic rings. The highest BCUT2D eigenvalue weighted by atomic mass is 16.5. The molecule has 1 N–H and O–H groups in total. The van der Waals surface area contributed by atoms with Crippen LogP contribution in [0.4, 0.5) is 0 Å². The number of ether oxygens (including phenoxy) is 2. The van der Waals surface area contributed by atoms with Gasteiger partial charge in [0, 0.05) is 6.61 Å². The van der Waals surface area contributed by atoms with E-state index >= 15 is 0 Å². The Kier molecular flexibility index (Phi) is 5.64. The molecule has 0 aromatic carbocycles. The quantitative estimate of drug-likeness (QED) is 0.660. The summed E-state index contributed by atoms with van der Waals surface area (Å²) >= 11 is 0. The van der Waals surface area contributed by atoms with Crippen LogP contribution in [0.25, 0.3) is 0 Å². The second kappa shape index (κ2) is 6.85. The molecular weight excluding hydrogens is 178 g/mol. The molecule has 0 saturated heterocycles. The first-order chi connectivity index (χ1) is 6.88. The predicted molar refractivity (Wildman–Crippen MR) is 57.2 cm³/mol. The number of hydrogen-bond donors (Lipinski definition) is 1. The summed E-state index contributed by atoms with van der Waals surface area (Å²) in [7, 11) is 1.97. The monoisotopic (exact) mass is 199 g/mol. The van der Waals surface area contributed by atoms with E-state index in [-0.39, 0.29) is 0 Å². The normalized spacial score (nSPS) is 18.6. The lowest BCUT2D eigenvalue weighted by Crippen LogP contribution is -2.33. The molecule has 14 heavy (non-hydrogen) atoms. The largest absolute Gasteiger partial charge is 0.501 e. The van der Waals surface area contributed by atoms with Crippen molar-refractivity contribution in [1.29, 1.82) is 0 Å². The lowest BCUT2D eigenvalue weighted by Gasteiger charge is -2.22. The van der Waals surface area contributed by atoms with E-state index in [0.29, 0.717) is 6.04 Å². The Morgan fingerprint density at radius 2 is 2.50 bits per heavy atom. The van der Waals surface area contributed by atoms with Gasteiger partial charge in [0.25, 0.3) is 0 Å². The molecule has 1 aliphatic heterocycles. The van der Waals surface area contributed by atoms with Gasteiger partial charge in [-0.15, -0.1) is 0 Å². The van der Waals surface area contributed by atoms with Gasteiger partial charge in [0.15, 0.2) is 0 Å². The minimum absolute atomic E-state index is 0.321. The first-order valence-electron chi connectivity index (χ1n) is 5.44. The Morgan fingerprint density at radius 1 is 1.64 bits per heavy atom. The Morgan fingerprint density at radius 3 is 3.07 bits per heavy atom. The van der Waals surface area contributed by atoms with Crippen LogP contribution in [0.15, 0.2) is 11.8 Å². The highest BCUT2D eigenvalue weighted by molar-refractivity contribution is 5.09. The molecule has 0 bridgehead atoms. The third-order valence-electron chi connectivity index (χ3n) is 2.39. The van der Waals surface area contributed by atoms with E-state index in [1.165, 1.54) is 5.57 Å². The second-order valence-electron chi connectivity index (χ2n) is 3.58. The molecule has 1 atom stereocenters. The molecular formula is C11H21NO2. The smallest absolute Gasteiger partial charge is 0.0876 e. The van der Waals surface area contributed by atoms with Crippen LogP contribution in [-0.2, 0) is 9.47 Å². The molecule has 0 fully saturated rings. The number of nitrogens with one attached hydrogen (secondary N) is 1. The van der Waals surface area contributed by atoms with Gasteiger partial charge in [-0.3, -0.25) is 0 Å². The molecule has 0 saturated carbocycles. The lowest BCUT2D eigenvalue weighted by molar-refractivity contribution is 0.117. The van der Waals surface area contributed by atoms with Gasteiger partial charge in [-0.1, -0.05) is 6.92 Å². The van der Waals surface area contributed by atoms with Crippen molar-refractivity contribution in [2.75, 3.05) is 26.9 Å². The highest BCUT2D eigenvalue weighted by Gasteiger charge is 2.15. The average Bonchev–Trinajstić information content (AvgIpc) is 2.26. The van der Waals surface area contributed by atoms with Crippen LogP contribution in [-0.4, -0.2) is 32.9 Å². The van der Waals surface area contributed by atoms with Crippen molar-refractivity contribution in [3.63, 3.8) is 0 Å². The van der Waals surface area contributed by atoms with Crippen LogP contribution in [0.1, 0.15) is 26.2 Å². The predicted octanol–water partition coefficient (Wildman–Crippen LogP) is 1.70. The number of likely N-dealkylation sites (N-methyl/N-ethyl adjacent to an activating group) is 1. The van der Waals surface area contributed by atoms with E-state index in [1.807, 2.05) is 13.3 Å². The number of hydrogen-bond acceptors (Lipinski definition) is 3. The Hall–Kier alpha value is -0.540. The molecule has 0 radical (unpaired) electrons. The summed E-state index contributed by atoms with van der Waals surface area (Å²) in [5.74, 6) is 0. The Bertz CT molecular complexity index is 180. The average molecular weight is 199 g/mol. The zero-order valence-corrected chi connectivity index (χ0v) is 9.21. The van der Waals surface area contributed by atoms with Crippen molar-refractivity contribution in [2.45, 2.75) is 32.2 Å². The van der Waals surface area contributed by atoms with Crippen LogP contribution in [0.5, 0.6) is 0 Å². The first kappa shape index (κ1) is 11.5. The van der Waals surface area contributed by atoms with Crippen LogP contribution in [0.2, 0.25) is 0 Å². The molecule has 1 rings (SSSR count). The summed E-state index contributed by atoms with van der Waals surface area (Å²) in [6.07, 6.45) is 5.21. The standard InChI is InChI=1S/C11H21NO2/c1-3-6-13-9-11(12-2)10-5-4-7-14-8-10/h8,11-12H,3-7,9H2,1-2H3. The van der Waals surface area contributed by atoms with Crippen molar-refractivity contribution in [1.82, 2.24) is 5.32 Å². The van der Waals surface area contributed by atoms with E-state index in [4.69, 9.17) is 9.47 Å². The summed E-state index contributed by atoms with van der Waals surface area (Å²) in [6, 6.07) is 0.321. The molecule has 0 spiro atoms. The molecule has 82 valence electrons. The minimum Gasteiger partial charge on any atom is -0.501 e. The zero-order chi connectivity index (χ0) is 10.2. The van der Waals surface area contributed by atoms with Gasteiger partial charge in [-0.25, -0.2) is 0 Å². The van der Waals surface area contributed by atoms with Crippen molar-refractivity contribution < 1.29 is 9.47 Å². The van der Waals surface area contributed by atoms with Crippen molar-refractivity contribution >= 4 is 0 Å². The van der Waals surface area contributed by atoms with Gasteiger partial charge in [-0.2, -0.15) is 0 Å². The SMILES string of the molecule is CCCOCC(NC)C1=COCCC1. The molecule has 3 nitrogen and oxygen atoms in total. The van der Waals surface area contributed by atoms with Crippen LogP contribution in [0.3, 0.4) is 0 Å². The van der Waals surface area contributed by atoms with Gasteiger partial charge in [0.2, 0.25) is 0 Å². The van der Waals surface area contributed by atoms with Gasteiger partial charge in [0.1, 0.15) is 0 Å². The maximum absolute atomic E-state index is 5.53. The van der Waals surface area contributed by atoms with Crippen molar-refractivity contribution in [3.05, 3.63) is 11.8 Å². The maximum Gasteiger partial charge on any atom is 0.0876 e. The third-order valence-corrected chi connectivity index (χ3v) is 2.39. The van der Waals surface area contributed by atoms with Gasteiger partial charge >= 0.3 is 0 Å². The minimum atomic E-state index is 0.321. The van der Waals surface area contributed by atoms with E-state index < -0.39 is 0 Å². The summed E-state index contributed by atoms with van der Waals surface area (Å²) in [5, 5.41) is 3.26. The summed E-state index contributed by atoms with van der Waals surface area (Å²) < 4.78 is 10.8. The van der Waals surface area contributed by atoms with Crippen molar-refractivity contribution in [2.24, 2.45) is 0 Å². The van der Waals surface area contributed by atoms with E-state index in [1.54, 1.807) is 0 Å². The van der Waals surface area contributed by atoms with Crippen molar-refractivity contribution in [3.8, 4) is 0 Å². The molecule has 1 heterocycles. The second-order valence-corrected chi connectivity index (χ2v) is 3.58. The molecule has 3 heteroatoms. The van der Waals surface area contributed by atoms with Gasteiger partial charge < -0.3 is 14.8 Å². The van der Waals surface area contributed by atoms with E-state index in [0.717, 1.165) is 39.1 Å². The van der Waals surface area contributed by atoms with Gasteiger partial charge in [0.05, 0.1) is 25.5 Å². The summed E-state index contributed by atoms with van der Waals surface area (Å²) in [4.78, 5) is 0. The summed E-state index contributed by atoms with van der Waals surface area (Å²) in [6.45, 7) is 4.57. The third kappa shape index (κ3) is 3.68. The van der Waals surface area contributed by atoms with Crippen LogP contribution in [0, 0.1) is 0 Å². The number of rotatable bonds is 6. The highest BCUT2D eigenvalue weighted by Crippen LogP contribution is 2.15. The molecule has 0 amide bonds. The fraction of sp³-hybridized carbons (Fsp3) is 0.818. The maximum atomic E-state index is 5.53. The van der Waals surface area contributed by atoms with Crippen LogP contribution < -0.4 is 5.32 Å². The zero-order valence-electron chi connectivity index (χ0n) is 9.21. The molecule has 0 aliphatic carbocycles. The van der Waals surface area contributed by atoms with E-state index in [9.17, 15) is 0 Å². The Balaban J connectivity index is 2.32. The topological polar surface area (TPSA) is 30.5 Å². The van der Waals surface area contributed by atoms with E-state index in [2.05, 4.69) is 12.2 Å². The molecule has 1 aliphatic rings. The van der Waals surface area contributed by atoms with Crippen LogP contribution >= 0.6 is 0 Å². The fourth-order valence-corrected chi connectivity index (χ4v) is 1.56. The lowest BCUT2D eigenvalue weighted by atomic mass is 10.0.